The molecular weight excluding hydrogens is 222 g/mol. The number of nitrogen functional groups attached to an aromatic ring is 1. The molecule has 2 aromatic carbocycles. The van der Waals surface area contributed by atoms with E-state index in [-0.39, 0.29) is 0 Å². The summed E-state index contributed by atoms with van der Waals surface area (Å²) in [5.41, 5.74) is 11.0. The van der Waals surface area contributed by atoms with Crippen LogP contribution in [0.3, 0.4) is 0 Å². The van der Waals surface area contributed by atoms with Gasteiger partial charge in [-0.2, -0.15) is 5.10 Å². The lowest BCUT2D eigenvalue weighted by molar-refractivity contribution is 0.800. The third-order valence-electron chi connectivity index (χ3n) is 3.19. The average Bonchev–Trinajstić information content (AvgIpc) is 2.68. The van der Waals surface area contributed by atoms with Crippen molar-refractivity contribution in [3.63, 3.8) is 0 Å². The highest BCUT2D eigenvalue weighted by Gasteiger charge is 2.10. The van der Waals surface area contributed by atoms with E-state index in [1.165, 1.54) is 10.9 Å². The predicted octanol–water partition coefficient (Wildman–Crippen LogP) is 3.13. The lowest BCUT2D eigenvalue weighted by atomic mass is 10.1. The van der Waals surface area contributed by atoms with E-state index in [1.807, 2.05) is 36.0 Å². The van der Waals surface area contributed by atoms with E-state index in [4.69, 9.17) is 5.73 Å². The van der Waals surface area contributed by atoms with Crippen LogP contribution in [0.4, 0.5) is 5.69 Å². The quantitative estimate of drug-likeness (QED) is 0.661. The molecule has 90 valence electrons. The summed E-state index contributed by atoms with van der Waals surface area (Å²) in [6, 6.07) is 14.2. The topological polar surface area (TPSA) is 43.8 Å². The van der Waals surface area contributed by atoms with Gasteiger partial charge in [-0.3, -0.25) is 4.68 Å². The molecule has 0 bridgehead atoms. The minimum Gasteiger partial charge on any atom is -0.399 e. The maximum Gasteiger partial charge on any atom is 0.100 e. The van der Waals surface area contributed by atoms with Crippen molar-refractivity contribution < 1.29 is 0 Å². The number of nitrogens with zero attached hydrogens (tertiary/aromatic N) is 2. The van der Waals surface area contributed by atoms with E-state index in [2.05, 4.69) is 30.2 Å². The van der Waals surface area contributed by atoms with Gasteiger partial charge in [-0.1, -0.05) is 24.3 Å². The molecule has 3 rings (SSSR count). The molecule has 3 aromatic rings. The maximum atomic E-state index is 5.72. The van der Waals surface area contributed by atoms with Crippen molar-refractivity contribution >= 4 is 16.6 Å². The van der Waals surface area contributed by atoms with Crippen molar-refractivity contribution in [2.45, 2.75) is 6.92 Å². The summed E-state index contributed by atoms with van der Waals surface area (Å²) >= 11 is 0. The molecule has 3 nitrogen and oxygen atoms in total. The van der Waals surface area contributed by atoms with Crippen molar-refractivity contribution in [1.82, 2.24) is 9.78 Å². The summed E-state index contributed by atoms with van der Waals surface area (Å²) in [5.74, 6) is 0. The lowest BCUT2D eigenvalue weighted by Gasteiger charge is -1.99. The molecule has 0 aliphatic heterocycles. The number of anilines is 1. The molecular formula is C15H15N3. The minimum absolute atomic E-state index is 0.773. The van der Waals surface area contributed by atoms with E-state index in [0.29, 0.717) is 0 Å². The Labute approximate surface area is 106 Å². The predicted molar refractivity (Wildman–Crippen MR) is 75.3 cm³/mol. The van der Waals surface area contributed by atoms with Gasteiger partial charge in [-0.05, 0) is 30.7 Å². The first-order valence-corrected chi connectivity index (χ1v) is 5.94. The fraction of sp³-hybridized carbons (Fsp3) is 0.133. The van der Waals surface area contributed by atoms with Gasteiger partial charge in [0.15, 0.2) is 0 Å². The lowest BCUT2D eigenvalue weighted by Crippen LogP contribution is -1.90. The molecule has 0 saturated heterocycles. The van der Waals surface area contributed by atoms with Crippen LogP contribution in [0.15, 0.2) is 42.5 Å². The third-order valence-corrected chi connectivity index (χ3v) is 3.19. The van der Waals surface area contributed by atoms with E-state index in [1.54, 1.807) is 0 Å². The highest BCUT2D eigenvalue weighted by atomic mass is 15.3. The number of fused-ring (bicyclic) bond motifs is 1. The Hall–Kier alpha value is -2.29. The van der Waals surface area contributed by atoms with E-state index in [9.17, 15) is 0 Å². The molecule has 1 aromatic heterocycles. The molecule has 0 saturated carbocycles. The first kappa shape index (κ1) is 10.8. The number of rotatable bonds is 1. The normalized spacial score (nSPS) is 11.0. The highest BCUT2D eigenvalue weighted by molar-refractivity contribution is 5.93. The van der Waals surface area contributed by atoms with E-state index < -0.39 is 0 Å². The number of benzene rings is 2. The second kappa shape index (κ2) is 3.88. The average molecular weight is 237 g/mol. The second-order valence-corrected chi connectivity index (χ2v) is 4.61. The van der Waals surface area contributed by atoms with Gasteiger partial charge in [-0.15, -0.1) is 0 Å². The Morgan fingerprint density at radius 1 is 1.06 bits per heavy atom. The van der Waals surface area contributed by atoms with Gasteiger partial charge in [0.25, 0.3) is 0 Å². The molecule has 1 heterocycles. The van der Waals surface area contributed by atoms with Crippen LogP contribution in [-0.2, 0) is 7.05 Å². The monoisotopic (exact) mass is 237 g/mol. The van der Waals surface area contributed by atoms with Gasteiger partial charge >= 0.3 is 0 Å². The van der Waals surface area contributed by atoms with Gasteiger partial charge < -0.3 is 5.73 Å². The largest absolute Gasteiger partial charge is 0.399 e. The van der Waals surface area contributed by atoms with Gasteiger partial charge in [0.2, 0.25) is 0 Å². The molecule has 0 radical (unpaired) electrons. The zero-order chi connectivity index (χ0) is 12.7. The molecule has 0 amide bonds. The zero-order valence-corrected chi connectivity index (χ0v) is 10.5. The molecule has 0 fully saturated rings. The summed E-state index contributed by atoms with van der Waals surface area (Å²) in [4.78, 5) is 0. The smallest absolute Gasteiger partial charge is 0.100 e. The first-order chi connectivity index (χ1) is 8.65. The molecule has 0 spiro atoms. The summed E-state index contributed by atoms with van der Waals surface area (Å²) in [7, 11) is 1.97. The van der Waals surface area contributed by atoms with Crippen molar-refractivity contribution in [2.24, 2.45) is 7.05 Å². The van der Waals surface area contributed by atoms with Gasteiger partial charge in [0.1, 0.15) is 5.69 Å². The van der Waals surface area contributed by atoms with Crippen LogP contribution in [0.25, 0.3) is 22.2 Å². The summed E-state index contributed by atoms with van der Waals surface area (Å²) in [6.07, 6.45) is 0. The molecule has 0 unspecified atom stereocenters. The fourth-order valence-corrected chi connectivity index (χ4v) is 2.22. The standard InChI is InChI=1S/C15H15N3/c1-10-3-8-13-14(9-10)18(2)17-15(13)11-4-6-12(16)7-5-11/h3-9H,16H2,1-2H3. The van der Waals surface area contributed by atoms with Crippen LogP contribution in [0, 0.1) is 6.92 Å². The molecule has 0 aliphatic rings. The van der Waals surface area contributed by atoms with Crippen LogP contribution >= 0.6 is 0 Å². The van der Waals surface area contributed by atoms with Crippen molar-refractivity contribution in [3.8, 4) is 11.3 Å². The van der Waals surface area contributed by atoms with Crippen molar-refractivity contribution in [1.29, 1.82) is 0 Å². The number of aromatic nitrogens is 2. The van der Waals surface area contributed by atoms with Crippen molar-refractivity contribution in [2.75, 3.05) is 5.73 Å². The molecule has 0 aliphatic carbocycles. The third kappa shape index (κ3) is 1.64. The fourth-order valence-electron chi connectivity index (χ4n) is 2.22. The Kier molecular flexibility index (Phi) is 2.33. The van der Waals surface area contributed by atoms with Crippen molar-refractivity contribution in [3.05, 3.63) is 48.0 Å². The summed E-state index contributed by atoms with van der Waals surface area (Å²) in [6.45, 7) is 2.09. The van der Waals surface area contributed by atoms with Crippen LogP contribution in [0.2, 0.25) is 0 Å². The molecule has 18 heavy (non-hydrogen) atoms. The Balaban J connectivity index is 2.26. The van der Waals surface area contributed by atoms with Gasteiger partial charge in [-0.25, -0.2) is 0 Å². The zero-order valence-electron chi connectivity index (χ0n) is 10.5. The summed E-state index contributed by atoms with van der Waals surface area (Å²) in [5, 5.41) is 5.78. The molecule has 3 heteroatoms. The van der Waals surface area contributed by atoms with Gasteiger partial charge in [0.05, 0.1) is 5.52 Å². The molecule has 2 N–H and O–H groups in total. The molecule has 0 atom stereocenters. The van der Waals surface area contributed by atoms with Crippen LogP contribution in [-0.4, -0.2) is 9.78 Å². The van der Waals surface area contributed by atoms with Crippen LogP contribution < -0.4 is 5.73 Å². The number of hydrogen-bond acceptors (Lipinski definition) is 2. The Morgan fingerprint density at radius 2 is 1.78 bits per heavy atom. The highest BCUT2D eigenvalue weighted by Crippen LogP contribution is 2.28. The Morgan fingerprint density at radius 3 is 2.50 bits per heavy atom. The minimum atomic E-state index is 0.773. The number of aryl methyl sites for hydroxylation is 2. The second-order valence-electron chi connectivity index (χ2n) is 4.61. The SMILES string of the molecule is Cc1ccc2c(-c3ccc(N)cc3)nn(C)c2c1. The number of nitrogens with two attached hydrogens (primary N) is 1. The van der Waals surface area contributed by atoms with Crippen LogP contribution in [0.1, 0.15) is 5.56 Å². The Bertz CT molecular complexity index is 708. The summed E-state index contributed by atoms with van der Waals surface area (Å²) < 4.78 is 1.92. The maximum absolute atomic E-state index is 5.72. The first-order valence-electron chi connectivity index (χ1n) is 5.94. The van der Waals surface area contributed by atoms with E-state index in [0.717, 1.165) is 22.5 Å². The number of hydrogen-bond donors (Lipinski definition) is 1. The van der Waals surface area contributed by atoms with Gasteiger partial charge in [0, 0.05) is 23.7 Å². The van der Waals surface area contributed by atoms with Crippen LogP contribution in [0.5, 0.6) is 0 Å². The van der Waals surface area contributed by atoms with E-state index >= 15 is 0 Å².